The van der Waals surface area contributed by atoms with Crippen LogP contribution in [0.1, 0.15) is 41.1 Å². The van der Waals surface area contributed by atoms with Gasteiger partial charge in [-0.2, -0.15) is 0 Å². The largest absolute Gasteiger partial charge is 0.379 e. The van der Waals surface area contributed by atoms with E-state index in [4.69, 9.17) is 4.74 Å². The van der Waals surface area contributed by atoms with E-state index in [0.29, 0.717) is 5.92 Å². The number of nitrogens with one attached hydrogen (secondary N) is 2. The summed E-state index contributed by atoms with van der Waals surface area (Å²) in [4.78, 5) is 14.6. The van der Waals surface area contributed by atoms with E-state index in [1.54, 1.807) is 0 Å². The number of piperidine rings is 1. The molecule has 0 bridgehead atoms. The molecule has 2 fully saturated rings. The van der Waals surface area contributed by atoms with Crippen LogP contribution in [-0.2, 0) is 4.74 Å². The molecule has 2 heterocycles. The van der Waals surface area contributed by atoms with Crippen LogP contribution in [-0.4, -0.2) is 63.3 Å². The van der Waals surface area contributed by atoms with Gasteiger partial charge in [-0.3, -0.25) is 9.69 Å². The molecule has 0 aliphatic carbocycles. The van der Waals surface area contributed by atoms with Crippen LogP contribution in [0.15, 0.2) is 24.3 Å². The number of benzene rings is 1. The van der Waals surface area contributed by atoms with Crippen molar-refractivity contribution in [3.63, 3.8) is 0 Å². The van der Waals surface area contributed by atoms with Gasteiger partial charge in [-0.1, -0.05) is 12.1 Å². The van der Waals surface area contributed by atoms with Crippen molar-refractivity contribution in [2.75, 3.05) is 52.5 Å². The Bertz CT molecular complexity index is 506. The zero-order valence-corrected chi connectivity index (χ0v) is 14.4. The number of rotatable bonds is 6. The summed E-state index contributed by atoms with van der Waals surface area (Å²) in [5.41, 5.74) is 2.10. The minimum atomic E-state index is 0.0327. The summed E-state index contributed by atoms with van der Waals surface area (Å²) in [7, 11) is 0. The van der Waals surface area contributed by atoms with Gasteiger partial charge in [0.25, 0.3) is 5.91 Å². The third kappa shape index (κ3) is 5.03. The van der Waals surface area contributed by atoms with Crippen molar-refractivity contribution in [1.29, 1.82) is 0 Å². The quantitative estimate of drug-likeness (QED) is 0.778. The SMILES string of the molecule is O=C(NCCCN1CCOCC1)c1ccc(C2CCCNC2)cc1. The van der Waals surface area contributed by atoms with Crippen molar-refractivity contribution in [2.24, 2.45) is 0 Å². The second kappa shape index (κ2) is 9.16. The molecule has 1 unspecified atom stereocenters. The monoisotopic (exact) mass is 331 g/mol. The highest BCUT2D eigenvalue weighted by atomic mass is 16.5. The lowest BCUT2D eigenvalue weighted by Gasteiger charge is -2.26. The van der Waals surface area contributed by atoms with Crippen molar-refractivity contribution in [3.8, 4) is 0 Å². The Hall–Kier alpha value is -1.43. The van der Waals surface area contributed by atoms with Crippen molar-refractivity contribution in [1.82, 2.24) is 15.5 Å². The first kappa shape index (κ1) is 17.4. The van der Waals surface area contributed by atoms with Crippen molar-refractivity contribution < 1.29 is 9.53 Å². The van der Waals surface area contributed by atoms with Crippen molar-refractivity contribution in [2.45, 2.75) is 25.2 Å². The average molecular weight is 331 g/mol. The van der Waals surface area contributed by atoms with Gasteiger partial charge in [0.05, 0.1) is 13.2 Å². The Kier molecular flexibility index (Phi) is 6.64. The smallest absolute Gasteiger partial charge is 0.251 e. The summed E-state index contributed by atoms with van der Waals surface area (Å²) in [6.45, 7) is 7.59. The van der Waals surface area contributed by atoms with Gasteiger partial charge < -0.3 is 15.4 Å². The molecule has 0 aromatic heterocycles. The van der Waals surface area contributed by atoms with E-state index in [9.17, 15) is 4.79 Å². The summed E-state index contributed by atoms with van der Waals surface area (Å²) >= 11 is 0. The Morgan fingerprint density at radius 2 is 2.04 bits per heavy atom. The number of morpholine rings is 1. The maximum atomic E-state index is 12.2. The predicted octanol–water partition coefficient (Wildman–Crippen LogP) is 1.61. The summed E-state index contributed by atoms with van der Waals surface area (Å²) in [5, 5.41) is 6.47. The molecule has 0 spiro atoms. The lowest BCUT2D eigenvalue weighted by molar-refractivity contribution is 0.0374. The summed E-state index contributed by atoms with van der Waals surface area (Å²) in [6.07, 6.45) is 3.45. The summed E-state index contributed by atoms with van der Waals surface area (Å²) < 4.78 is 5.34. The highest BCUT2D eigenvalue weighted by Crippen LogP contribution is 2.23. The number of carbonyl (C=O) groups is 1. The molecule has 2 aliphatic rings. The molecule has 2 saturated heterocycles. The Morgan fingerprint density at radius 1 is 1.25 bits per heavy atom. The number of hydrogen-bond donors (Lipinski definition) is 2. The maximum Gasteiger partial charge on any atom is 0.251 e. The van der Waals surface area contributed by atoms with Gasteiger partial charge >= 0.3 is 0 Å². The number of nitrogens with zero attached hydrogens (tertiary/aromatic N) is 1. The lowest BCUT2D eigenvalue weighted by atomic mass is 9.91. The van der Waals surface area contributed by atoms with Gasteiger partial charge in [-0.05, 0) is 56.0 Å². The highest BCUT2D eigenvalue weighted by molar-refractivity contribution is 5.94. The molecule has 5 nitrogen and oxygen atoms in total. The number of ether oxygens (including phenoxy) is 1. The standard InChI is InChI=1S/C19H29N3O2/c23-19(21-9-2-10-22-11-13-24-14-12-22)17-6-4-16(5-7-17)18-3-1-8-20-15-18/h4-7,18,20H,1-3,8-15H2,(H,21,23). The fourth-order valence-corrected chi connectivity index (χ4v) is 3.47. The highest BCUT2D eigenvalue weighted by Gasteiger charge is 2.15. The topological polar surface area (TPSA) is 53.6 Å². The molecule has 5 heteroatoms. The van der Waals surface area contributed by atoms with Crippen molar-refractivity contribution >= 4 is 5.91 Å². The normalized spacial score (nSPS) is 22.2. The van der Waals surface area contributed by atoms with E-state index >= 15 is 0 Å². The second-order valence-corrected chi connectivity index (χ2v) is 6.73. The van der Waals surface area contributed by atoms with Crippen LogP contribution in [0.4, 0.5) is 0 Å². The zero-order valence-electron chi connectivity index (χ0n) is 14.4. The van der Waals surface area contributed by atoms with E-state index in [-0.39, 0.29) is 5.91 Å². The molecular weight excluding hydrogens is 302 g/mol. The third-order valence-electron chi connectivity index (χ3n) is 4.98. The molecule has 132 valence electrons. The van der Waals surface area contributed by atoms with Gasteiger partial charge in [0, 0.05) is 31.7 Å². The maximum absolute atomic E-state index is 12.2. The Balaban J connectivity index is 1.39. The van der Waals surface area contributed by atoms with Crippen LogP contribution in [0.25, 0.3) is 0 Å². The first-order chi connectivity index (χ1) is 11.8. The van der Waals surface area contributed by atoms with Crippen LogP contribution in [0.2, 0.25) is 0 Å². The first-order valence-electron chi connectivity index (χ1n) is 9.22. The molecule has 3 rings (SSSR count). The van der Waals surface area contributed by atoms with E-state index in [1.807, 2.05) is 12.1 Å². The van der Waals surface area contributed by atoms with Crippen LogP contribution in [0, 0.1) is 0 Å². The van der Waals surface area contributed by atoms with Crippen LogP contribution in [0.3, 0.4) is 0 Å². The molecular formula is C19H29N3O2. The molecule has 24 heavy (non-hydrogen) atoms. The van der Waals surface area contributed by atoms with Gasteiger partial charge in [-0.15, -0.1) is 0 Å². The molecule has 0 saturated carbocycles. The van der Waals surface area contributed by atoms with E-state index in [2.05, 4.69) is 27.7 Å². The lowest BCUT2D eigenvalue weighted by Crippen LogP contribution is -2.38. The minimum Gasteiger partial charge on any atom is -0.379 e. The summed E-state index contributed by atoms with van der Waals surface area (Å²) in [5.74, 6) is 0.620. The molecule has 2 N–H and O–H groups in total. The number of amides is 1. The van der Waals surface area contributed by atoms with Crippen LogP contribution < -0.4 is 10.6 Å². The Labute approximate surface area is 144 Å². The molecule has 0 radical (unpaired) electrons. The predicted molar refractivity (Wildman–Crippen MR) is 95.5 cm³/mol. The van der Waals surface area contributed by atoms with Gasteiger partial charge in [0.15, 0.2) is 0 Å². The zero-order chi connectivity index (χ0) is 16.6. The second-order valence-electron chi connectivity index (χ2n) is 6.73. The Morgan fingerprint density at radius 3 is 2.75 bits per heavy atom. The molecule has 1 aromatic rings. The fraction of sp³-hybridized carbons (Fsp3) is 0.632. The first-order valence-corrected chi connectivity index (χ1v) is 9.22. The fourth-order valence-electron chi connectivity index (χ4n) is 3.47. The van der Waals surface area contributed by atoms with Crippen molar-refractivity contribution in [3.05, 3.63) is 35.4 Å². The molecule has 1 atom stereocenters. The van der Waals surface area contributed by atoms with E-state index in [0.717, 1.165) is 64.5 Å². The number of carbonyl (C=O) groups excluding carboxylic acids is 1. The van der Waals surface area contributed by atoms with Gasteiger partial charge in [0.1, 0.15) is 0 Å². The van der Waals surface area contributed by atoms with Gasteiger partial charge in [0.2, 0.25) is 0 Å². The molecule has 2 aliphatic heterocycles. The van der Waals surface area contributed by atoms with E-state index in [1.165, 1.54) is 18.4 Å². The minimum absolute atomic E-state index is 0.0327. The molecule has 1 amide bonds. The average Bonchev–Trinajstić information content (AvgIpc) is 2.67. The van der Waals surface area contributed by atoms with Gasteiger partial charge in [-0.25, -0.2) is 0 Å². The van der Waals surface area contributed by atoms with E-state index < -0.39 is 0 Å². The third-order valence-corrected chi connectivity index (χ3v) is 4.98. The number of hydrogen-bond acceptors (Lipinski definition) is 4. The van der Waals surface area contributed by atoms with Crippen LogP contribution >= 0.6 is 0 Å². The summed E-state index contributed by atoms with van der Waals surface area (Å²) in [6, 6.07) is 8.14. The molecule has 1 aromatic carbocycles. The van der Waals surface area contributed by atoms with Crippen LogP contribution in [0.5, 0.6) is 0 Å².